The van der Waals surface area contributed by atoms with E-state index in [9.17, 15) is 13.2 Å². The highest BCUT2D eigenvalue weighted by atomic mass is 35.5. The van der Waals surface area contributed by atoms with Gasteiger partial charge in [0, 0.05) is 23.7 Å². The Morgan fingerprint density at radius 2 is 2.00 bits per heavy atom. The maximum atomic E-state index is 12.7. The van der Waals surface area contributed by atoms with E-state index >= 15 is 0 Å². The molecule has 1 atom stereocenters. The summed E-state index contributed by atoms with van der Waals surface area (Å²) in [6.45, 7) is 0.0770. The van der Waals surface area contributed by atoms with Gasteiger partial charge in [-0.05, 0) is 36.4 Å². The Kier molecular flexibility index (Phi) is 5.92. The Morgan fingerprint density at radius 1 is 1.25 bits per heavy atom. The molecule has 1 heterocycles. The third-order valence-electron chi connectivity index (χ3n) is 4.17. The van der Waals surface area contributed by atoms with Gasteiger partial charge in [-0.2, -0.15) is 0 Å². The van der Waals surface area contributed by atoms with Crippen molar-refractivity contribution < 1.29 is 22.7 Å². The molecule has 0 unspecified atom stereocenters. The Hall–Kier alpha value is -2.16. The van der Waals surface area contributed by atoms with Crippen LogP contribution in [-0.4, -0.2) is 40.3 Å². The summed E-state index contributed by atoms with van der Waals surface area (Å²) >= 11 is 12.1. The first-order valence-corrected chi connectivity index (χ1v) is 10.9. The molecular formula is C18H18Cl2N2O5S. The van der Waals surface area contributed by atoms with Gasteiger partial charge in [0.05, 0.1) is 24.1 Å². The number of carbonyl (C=O) groups is 1. The fourth-order valence-electron chi connectivity index (χ4n) is 2.85. The molecule has 0 aliphatic carbocycles. The number of ether oxygens (including phenoxy) is 2. The van der Waals surface area contributed by atoms with Crippen LogP contribution in [0.15, 0.2) is 36.4 Å². The molecule has 1 N–H and O–H groups in total. The van der Waals surface area contributed by atoms with E-state index in [0.29, 0.717) is 27.2 Å². The number of hydrogen-bond acceptors (Lipinski definition) is 5. The number of carbonyl (C=O) groups excluding carboxylic acids is 1. The molecule has 10 heteroatoms. The molecule has 0 aromatic heterocycles. The number of amides is 1. The van der Waals surface area contributed by atoms with Crippen LogP contribution in [-0.2, 0) is 14.8 Å². The molecule has 2 aromatic carbocycles. The molecule has 1 amide bonds. The lowest BCUT2D eigenvalue weighted by molar-refractivity contribution is -0.122. The molecule has 7 nitrogen and oxygen atoms in total. The second-order valence-corrected chi connectivity index (χ2v) is 8.93. The molecule has 0 bridgehead atoms. The molecule has 0 spiro atoms. The van der Waals surface area contributed by atoms with Crippen LogP contribution in [0.1, 0.15) is 6.42 Å². The number of nitrogens with one attached hydrogen (secondary N) is 1. The van der Waals surface area contributed by atoms with Gasteiger partial charge in [-0.15, -0.1) is 0 Å². The normalized spacial score (nSPS) is 16.6. The van der Waals surface area contributed by atoms with Gasteiger partial charge in [0.1, 0.15) is 11.5 Å². The van der Waals surface area contributed by atoms with Gasteiger partial charge in [-0.1, -0.05) is 23.2 Å². The minimum Gasteiger partial charge on any atom is -0.495 e. The fourth-order valence-corrected chi connectivity index (χ4v) is 4.21. The molecule has 0 fully saturated rings. The number of methoxy groups -OCH3 is 1. The van der Waals surface area contributed by atoms with Gasteiger partial charge in [-0.25, -0.2) is 8.42 Å². The van der Waals surface area contributed by atoms with E-state index in [2.05, 4.69) is 5.32 Å². The lowest BCUT2D eigenvalue weighted by Gasteiger charge is -2.21. The van der Waals surface area contributed by atoms with E-state index in [1.165, 1.54) is 17.5 Å². The number of fused-ring (bicyclic) bond motifs is 1. The van der Waals surface area contributed by atoms with Crippen molar-refractivity contribution in [1.82, 2.24) is 0 Å². The monoisotopic (exact) mass is 444 g/mol. The number of nitrogens with zero attached hydrogens (tertiary/aromatic N) is 1. The third kappa shape index (κ3) is 4.45. The van der Waals surface area contributed by atoms with Gasteiger partial charge in [0.15, 0.2) is 6.10 Å². The van der Waals surface area contributed by atoms with Crippen LogP contribution in [0.25, 0.3) is 0 Å². The first-order valence-electron chi connectivity index (χ1n) is 8.27. The molecule has 0 saturated carbocycles. The van der Waals surface area contributed by atoms with Crippen molar-refractivity contribution in [2.75, 3.05) is 29.5 Å². The molecule has 0 saturated heterocycles. The number of anilines is 2. The lowest BCUT2D eigenvalue weighted by Crippen LogP contribution is -2.35. The zero-order valence-electron chi connectivity index (χ0n) is 15.1. The van der Waals surface area contributed by atoms with Crippen molar-refractivity contribution in [2.45, 2.75) is 12.5 Å². The molecule has 1 aliphatic rings. The van der Waals surface area contributed by atoms with Gasteiger partial charge in [0.2, 0.25) is 10.0 Å². The van der Waals surface area contributed by atoms with Crippen LogP contribution in [0.5, 0.6) is 11.5 Å². The Balaban J connectivity index is 1.85. The highest BCUT2D eigenvalue weighted by molar-refractivity contribution is 7.92. The second kappa shape index (κ2) is 8.06. The smallest absolute Gasteiger partial charge is 0.265 e. The van der Waals surface area contributed by atoms with E-state index in [4.69, 9.17) is 32.7 Å². The van der Waals surface area contributed by atoms with Gasteiger partial charge < -0.3 is 14.8 Å². The number of rotatable bonds is 4. The molecule has 28 heavy (non-hydrogen) atoms. The van der Waals surface area contributed by atoms with E-state index in [0.717, 1.165) is 6.26 Å². The Morgan fingerprint density at radius 3 is 2.64 bits per heavy atom. The van der Waals surface area contributed by atoms with Crippen LogP contribution in [0, 0.1) is 0 Å². The zero-order valence-corrected chi connectivity index (χ0v) is 17.4. The molecule has 150 valence electrons. The van der Waals surface area contributed by atoms with Gasteiger partial charge in [-0.3, -0.25) is 9.10 Å². The summed E-state index contributed by atoms with van der Waals surface area (Å²) in [5.41, 5.74) is 0.776. The number of benzene rings is 2. The van der Waals surface area contributed by atoms with Gasteiger partial charge >= 0.3 is 0 Å². The summed E-state index contributed by atoms with van der Waals surface area (Å²) in [6.07, 6.45) is 0.361. The van der Waals surface area contributed by atoms with Gasteiger partial charge in [0.25, 0.3) is 5.91 Å². The lowest BCUT2D eigenvalue weighted by atomic mass is 10.2. The first kappa shape index (κ1) is 20.6. The van der Waals surface area contributed by atoms with Crippen LogP contribution >= 0.6 is 23.2 Å². The largest absolute Gasteiger partial charge is 0.495 e. The number of sulfonamides is 1. The van der Waals surface area contributed by atoms with E-state index in [-0.39, 0.29) is 18.7 Å². The summed E-state index contributed by atoms with van der Waals surface area (Å²) in [5.74, 6) is 0.331. The predicted molar refractivity (Wildman–Crippen MR) is 109 cm³/mol. The third-order valence-corrected chi connectivity index (χ3v) is 5.88. The Bertz CT molecular complexity index is 1010. The topological polar surface area (TPSA) is 84.9 Å². The summed E-state index contributed by atoms with van der Waals surface area (Å²) in [6, 6.07) is 9.47. The van der Waals surface area contributed by atoms with Crippen LogP contribution in [0.4, 0.5) is 11.4 Å². The number of halogens is 2. The van der Waals surface area contributed by atoms with Crippen LogP contribution in [0.2, 0.25) is 10.0 Å². The van der Waals surface area contributed by atoms with Crippen LogP contribution < -0.4 is 19.1 Å². The zero-order chi connectivity index (χ0) is 20.5. The van der Waals surface area contributed by atoms with Crippen molar-refractivity contribution in [2.24, 2.45) is 0 Å². The summed E-state index contributed by atoms with van der Waals surface area (Å²) in [5, 5.41) is 3.45. The van der Waals surface area contributed by atoms with E-state index < -0.39 is 22.0 Å². The maximum absolute atomic E-state index is 12.7. The molecule has 3 rings (SSSR count). The van der Waals surface area contributed by atoms with E-state index in [1.807, 2.05) is 0 Å². The minimum atomic E-state index is -3.57. The molecule has 0 radical (unpaired) electrons. The first-order chi connectivity index (χ1) is 13.2. The minimum absolute atomic E-state index is 0.0770. The van der Waals surface area contributed by atoms with Crippen molar-refractivity contribution in [3.63, 3.8) is 0 Å². The Labute approximate surface area is 173 Å². The predicted octanol–water partition coefficient (Wildman–Crippen LogP) is 3.56. The molecule has 1 aliphatic heterocycles. The van der Waals surface area contributed by atoms with Crippen LogP contribution in [0.3, 0.4) is 0 Å². The molecule has 2 aromatic rings. The summed E-state index contributed by atoms with van der Waals surface area (Å²) < 4.78 is 36.4. The fraction of sp³-hybridized carbons (Fsp3) is 0.278. The van der Waals surface area contributed by atoms with Crippen molar-refractivity contribution in [3.05, 3.63) is 46.4 Å². The summed E-state index contributed by atoms with van der Waals surface area (Å²) in [7, 11) is -2.07. The highest BCUT2D eigenvalue weighted by Crippen LogP contribution is 2.36. The maximum Gasteiger partial charge on any atom is 0.265 e. The van der Waals surface area contributed by atoms with Crippen molar-refractivity contribution in [1.29, 1.82) is 0 Å². The SMILES string of the molecule is COc1ccc(NC(=O)[C@H]2CCN(S(C)(=O)=O)c3cc(Cl)ccc3O2)cc1Cl. The average molecular weight is 445 g/mol. The quantitative estimate of drug-likeness (QED) is 0.778. The average Bonchev–Trinajstić information content (AvgIpc) is 2.81. The second-order valence-electron chi connectivity index (χ2n) is 6.18. The standard InChI is InChI=1S/C18H18Cl2N2O5S/c1-26-15-6-4-12(10-13(15)20)21-18(23)17-7-8-22(28(2,24)25)14-9-11(19)3-5-16(14)27-17/h3-6,9-10,17H,7-8H2,1-2H3,(H,21,23)/t17-/m1/s1. The van der Waals surface area contributed by atoms with Crippen molar-refractivity contribution in [3.8, 4) is 11.5 Å². The summed E-state index contributed by atoms with van der Waals surface area (Å²) in [4.78, 5) is 12.7. The molecular weight excluding hydrogens is 427 g/mol. The van der Waals surface area contributed by atoms with E-state index in [1.54, 1.807) is 30.3 Å². The van der Waals surface area contributed by atoms with Crippen molar-refractivity contribution >= 4 is 50.5 Å². The number of hydrogen-bond donors (Lipinski definition) is 1. The highest BCUT2D eigenvalue weighted by Gasteiger charge is 2.31.